The Bertz CT molecular complexity index is 1050. The van der Waals surface area contributed by atoms with Gasteiger partial charge in [-0.05, 0) is 42.2 Å². The number of nitrogens with one attached hydrogen (secondary N) is 2. The standard InChI is InChI=1S/C22H21N5O/c1-14(2)18-9-4-6-15(3)21(18)27-22(28)19-11-20(25-13-24-19)26-17-8-5-7-16(10-17)12-23/h4-11,13-14H,1-3H3,(H,27,28)(H,24,25,26). The second kappa shape index (κ2) is 8.31. The van der Waals surface area contributed by atoms with Gasteiger partial charge in [0.2, 0.25) is 0 Å². The molecule has 0 fully saturated rings. The van der Waals surface area contributed by atoms with Crippen LogP contribution in [0.4, 0.5) is 17.2 Å². The third kappa shape index (κ3) is 4.33. The van der Waals surface area contributed by atoms with Gasteiger partial charge in [0.15, 0.2) is 0 Å². The van der Waals surface area contributed by atoms with Gasteiger partial charge in [-0.2, -0.15) is 5.26 Å². The van der Waals surface area contributed by atoms with Crippen molar-refractivity contribution in [1.82, 2.24) is 9.97 Å². The maximum atomic E-state index is 12.8. The first-order chi connectivity index (χ1) is 13.5. The van der Waals surface area contributed by atoms with E-state index in [-0.39, 0.29) is 17.5 Å². The normalized spacial score (nSPS) is 10.4. The number of rotatable bonds is 5. The predicted molar refractivity (Wildman–Crippen MR) is 110 cm³/mol. The van der Waals surface area contributed by atoms with Crippen LogP contribution in [0.2, 0.25) is 0 Å². The zero-order chi connectivity index (χ0) is 20.1. The predicted octanol–water partition coefficient (Wildman–Crippen LogP) is 4.78. The highest BCUT2D eigenvalue weighted by atomic mass is 16.1. The van der Waals surface area contributed by atoms with Gasteiger partial charge in [0.05, 0.1) is 11.6 Å². The molecule has 0 bridgehead atoms. The van der Waals surface area contributed by atoms with Gasteiger partial charge < -0.3 is 10.6 Å². The Morgan fingerprint density at radius 1 is 1.11 bits per heavy atom. The molecule has 0 unspecified atom stereocenters. The van der Waals surface area contributed by atoms with Crippen molar-refractivity contribution in [2.75, 3.05) is 10.6 Å². The molecule has 2 aromatic carbocycles. The second-order valence-electron chi connectivity index (χ2n) is 6.75. The molecule has 0 atom stereocenters. The van der Waals surface area contributed by atoms with E-state index in [1.54, 1.807) is 24.3 Å². The summed E-state index contributed by atoms with van der Waals surface area (Å²) in [6.07, 6.45) is 1.34. The number of hydrogen-bond donors (Lipinski definition) is 2. The minimum absolute atomic E-state index is 0.256. The summed E-state index contributed by atoms with van der Waals surface area (Å²) in [6.45, 7) is 6.15. The number of aryl methyl sites for hydroxylation is 1. The number of anilines is 3. The number of hydrogen-bond acceptors (Lipinski definition) is 5. The molecule has 2 N–H and O–H groups in total. The van der Waals surface area contributed by atoms with Crippen molar-refractivity contribution in [1.29, 1.82) is 5.26 Å². The highest BCUT2D eigenvalue weighted by Gasteiger charge is 2.15. The van der Waals surface area contributed by atoms with Gasteiger partial charge in [-0.1, -0.05) is 38.1 Å². The summed E-state index contributed by atoms with van der Waals surface area (Å²) in [4.78, 5) is 21.0. The van der Waals surface area contributed by atoms with Crippen LogP contribution >= 0.6 is 0 Å². The Balaban J connectivity index is 1.83. The monoisotopic (exact) mass is 371 g/mol. The van der Waals surface area contributed by atoms with Gasteiger partial charge in [0, 0.05) is 17.4 Å². The smallest absolute Gasteiger partial charge is 0.274 e. The molecular weight excluding hydrogens is 350 g/mol. The molecule has 1 amide bonds. The Labute approximate surface area is 164 Å². The Morgan fingerprint density at radius 3 is 2.64 bits per heavy atom. The zero-order valence-corrected chi connectivity index (χ0v) is 16.0. The summed E-state index contributed by atoms with van der Waals surface area (Å²) in [7, 11) is 0. The van der Waals surface area contributed by atoms with Gasteiger partial charge in [0.1, 0.15) is 17.8 Å². The van der Waals surface area contributed by atoms with Gasteiger partial charge in [-0.3, -0.25) is 4.79 Å². The first-order valence-corrected chi connectivity index (χ1v) is 8.98. The number of para-hydroxylation sites is 1. The number of carbonyl (C=O) groups is 1. The van der Waals surface area contributed by atoms with Gasteiger partial charge in [-0.25, -0.2) is 9.97 Å². The van der Waals surface area contributed by atoms with E-state index in [0.717, 1.165) is 16.8 Å². The summed E-state index contributed by atoms with van der Waals surface area (Å²) in [5.41, 5.74) is 4.40. The van der Waals surface area contributed by atoms with Crippen molar-refractivity contribution in [2.24, 2.45) is 0 Å². The third-order valence-corrected chi connectivity index (χ3v) is 4.33. The molecule has 28 heavy (non-hydrogen) atoms. The van der Waals surface area contributed by atoms with E-state index in [0.29, 0.717) is 17.1 Å². The minimum Gasteiger partial charge on any atom is -0.340 e. The summed E-state index contributed by atoms with van der Waals surface area (Å²) in [5, 5.41) is 15.1. The fourth-order valence-corrected chi connectivity index (χ4v) is 2.88. The molecular formula is C22H21N5O. The number of aromatic nitrogens is 2. The van der Waals surface area contributed by atoms with Crippen LogP contribution < -0.4 is 10.6 Å². The minimum atomic E-state index is -0.299. The molecule has 1 heterocycles. The molecule has 0 spiro atoms. The van der Waals surface area contributed by atoms with Crippen LogP contribution in [0.15, 0.2) is 54.9 Å². The first kappa shape index (κ1) is 19.1. The van der Waals surface area contributed by atoms with E-state index in [9.17, 15) is 4.79 Å². The SMILES string of the molecule is Cc1cccc(C(C)C)c1NC(=O)c1cc(Nc2cccc(C#N)c2)ncn1. The topological polar surface area (TPSA) is 90.7 Å². The third-order valence-electron chi connectivity index (χ3n) is 4.33. The number of nitriles is 1. The van der Waals surface area contributed by atoms with Crippen LogP contribution in [0.25, 0.3) is 0 Å². The quantitative estimate of drug-likeness (QED) is 0.674. The molecule has 0 aliphatic heterocycles. The molecule has 3 rings (SSSR count). The fourth-order valence-electron chi connectivity index (χ4n) is 2.88. The number of nitrogens with zero attached hydrogens (tertiary/aromatic N) is 3. The molecule has 3 aromatic rings. The van der Waals surface area contributed by atoms with Crippen LogP contribution in [0.3, 0.4) is 0 Å². The van der Waals surface area contributed by atoms with Crippen molar-refractivity contribution in [3.63, 3.8) is 0 Å². The summed E-state index contributed by atoms with van der Waals surface area (Å²) >= 11 is 0. The molecule has 0 saturated carbocycles. The summed E-state index contributed by atoms with van der Waals surface area (Å²) in [5.74, 6) is 0.460. The van der Waals surface area contributed by atoms with Crippen LogP contribution in [0, 0.1) is 18.3 Å². The van der Waals surface area contributed by atoms with Crippen LogP contribution in [-0.2, 0) is 0 Å². The molecule has 0 radical (unpaired) electrons. The molecule has 140 valence electrons. The van der Waals surface area contributed by atoms with Crippen LogP contribution in [0.1, 0.15) is 46.9 Å². The highest BCUT2D eigenvalue weighted by molar-refractivity contribution is 6.04. The maximum Gasteiger partial charge on any atom is 0.274 e. The van der Waals surface area contributed by atoms with Crippen molar-refractivity contribution in [3.05, 3.63) is 77.2 Å². The number of carbonyl (C=O) groups excluding carboxylic acids is 1. The molecule has 0 saturated heterocycles. The molecule has 6 heteroatoms. The lowest BCUT2D eigenvalue weighted by atomic mass is 9.98. The Hall–Kier alpha value is -3.72. The summed E-state index contributed by atoms with van der Waals surface area (Å²) in [6, 6.07) is 16.7. The summed E-state index contributed by atoms with van der Waals surface area (Å²) < 4.78 is 0. The average molecular weight is 371 g/mol. The van der Waals surface area contributed by atoms with E-state index in [1.165, 1.54) is 6.33 Å². The van der Waals surface area contributed by atoms with Crippen LogP contribution in [-0.4, -0.2) is 15.9 Å². The van der Waals surface area contributed by atoms with Crippen LogP contribution in [0.5, 0.6) is 0 Å². The second-order valence-corrected chi connectivity index (χ2v) is 6.75. The zero-order valence-electron chi connectivity index (χ0n) is 16.0. The van der Waals surface area contributed by atoms with Crippen molar-refractivity contribution < 1.29 is 4.79 Å². The molecule has 0 aliphatic rings. The number of benzene rings is 2. The van der Waals surface area contributed by atoms with E-state index in [4.69, 9.17) is 5.26 Å². The van der Waals surface area contributed by atoms with E-state index in [2.05, 4.69) is 40.5 Å². The molecule has 1 aromatic heterocycles. The van der Waals surface area contributed by atoms with Crippen molar-refractivity contribution >= 4 is 23.1 Å². The largest absolute Gasteiger partial charge is 0.340 e. The van der Waals surface area contributed by atoms with E-state index >= 15 is 0 Å². The first-order valence-electron chi connectivity index (χ1n) is 8.98. The van der Waals surface area contributed by atoms with Gasteiger partial charge in [0.25, 0.3) is 5.91 Å². The fraction of sp³-hybridized carbons (Fsp3) is 0.182. The lowest BCUT2D eigenvalue weighted by Gasteiger charge is -2.16. The van der Waals surface area contributed by atoms with Gasteiger partial charge in [-0.15, -0.1) is 0 Å². The van der Waals surface area contributed by atoms with E-state index < -0.39 is 0 Å². The number of amides is 1. The Kier molecular flexibility index (Phi) is 5.66. The molecule has 6 nitrogen and oxygen atoms in total. The Morgan fingerprint density at radius 2 is 1.89 bits per heavy atom. The van der Waals surface area contributed by atoms with Crippen molar-refractivity contribution in [3.8, 4) is 6.07 Å². The molecule has 0 aliphatic carbocycles. The average Bonchev–Trinajstić information content (AvgIpc) is 2.69. The lowest BCUT2D eigenvalue weighted by molar-refractivity contribution is 0.102. The van der Waals surface area contributed by atoms with Gasteiger partial charge >= 0.3 is 0 Å². The van der Waals surface area contributed by atoms with Crippen molar-refractivity contribution in [2.45, 2.75) is 26.7 Å². The maximum absolute atomic E-state index is 12.8. The highest BCUT2D eigenvalue weighted by Crippen LogP contribution is 2.28. The lowest BCUT2D eigenvalue weighted by Crippen LogP contribution is -2.16. The van der Waals surface area contributed by atoms with E-state index in [1.807, 2.05) is 31.2 Å².